The second kappa shape index (κ2) is 4.83. The van der Waals surface area contributed by atoms with Gasteiger partial charge in [0.05, 0.1) is 0 Å². The fourth-order valence-electron chi connectivity index (χ4n) is 2.31. The third kappa shape index (κ3) is 2.46. The van der Waals surface area contributed by atoms with Crippen molar-refractivity contribution in [1.29, 1.82) is 0 Å². The highest BCUT2D eigenvalue weighted by molar-refractivity contribution is 5.80. The van der Waals surface area contributed by atoms with Crippen LogP contribution in [0.25, 0.3) is 0 Å². The van der Waals surface area contributed by atoms with Gasteiger partial charge in [0, 0.05) is 18.6 Å². The second-order valence-corrected chi connectivity index (χ2v) is 4.72. The van der Waals surface area contributed by atoms with Gasteiger partial charge in [-0.2, -0.15) is 5.10 Å². The fourth-order valence-corrected chi connectivity index (χ4v) is 2.31. The van der Waals surface area contributed by atoms with E-state index in [2.05, 4.69) is 10.1 Å². The van der Waals surface area contributed by atoms with Gasteiger partial charge in [-0.05, 0) is 26.7 Å². The monoisotopic (exact) mass is 237 g/mol. The number of hydrogen-bond acceptors (Lipinski definition) is 4. The largest absolute Gasteiger partial charge is 0.338 e. The Kier molecular flexibility index (Phi) is 3.42. The highest BCUT2D eigenvalue weighted by Crippen LogP contribution is 2.19. The summed E-state index contributed by atoms with van der Waals surface area (Å²) in [6, 6.07) is 0.127. The maximum Gasteiger partial charge on any atom is 0.247 e. The third-order valence-corrected chi connectivity index (χ3v) is 3.39. The van der Waals surface area contributed by atoms with Crippen LogP contribution in [0.2, 0.25) is 0 Å². The average molecular weight is 237 g/mol. The topological polar surface area (TPSA) is 77.0 Å². The summed E-state index contributed by atoms with van der Waals surface area (Å²) in [6.07, 6.45) is 4.76. The Balaban J connectivity index is 2.05. The van der Waals surface area contributed by atoms with Gasteiger partial charge in [0.25, 0.3) is 0 Å². The number of piperidine rings is 1. The number of rotatable bonds is 2. The van der Waals surface area contributed by atoms with Crippen molar-refractivity contribution in [3.63, 3.8) is 0 Å². The Morgan fingerprint density at radius 1 is 1.59 bits per heavy atom. The maximum absolute atomic E-state index is 12.3. The van der Waals surface area contributed by atoms with Crippen molar-refractivity contribution in [3.8, 4) is 0 Å². The standard InChI is InChI=1S/C11H19N5O/c1-8-5-10(12)3-4-15(8)11(17)9(2)16-7-13-6-14-16/h6-10H,3-5,12H2,1-2H3. The normalized spacial score (nSPS) is 26.9. The summed E-state index contributed by atoms with van der Waals surface area (Å²) >= 11 is 0. The summed E-state index contributed by atoms with van der Waals surface area (Å²) in [6.45, 7) is 4.63. The molecule has 2 N–H and O–H groups in total. The molecule has 2 heterocycles. The molecule has 0 saturated carbocycles. The first-order valence-electron chi connectivity index (χ1n) is 5.99. The Morgan fingerprint density at radius 2 is 2.35 bits per heavy atom. The number of carbonyl (C=O) groups is 1. The molecule has 6 nitrogen and oxygen atoms in total. The number of aromatic nitrogens is 3. The van der Waals surface area contributed by atoms with Crippen molar-refractivity contribution in [1.82, 2.24) is 19.7 Å². The smallest absolute Gasteiger partial charge is 0.247 e. The number of carbonyl (C=O) groups excluding carboxylic acids is 1. The number of likely N-dealkylation sites (tertiary alicyclic amines) is 1. The van der Waals surface area contributed by atoms with E-state index in [0.717, 1.165) is 19.4 Å². The van der Waals surface area contributed by atoms with Crippen LogP contribution in [-0.4, -0.2) is 44.2 Å². The van der Waals surface area contributed by atoms with Gasteiger partial charge in [-0.25, -0.2) is 9.67 Å². The van der Waals surface area contributed by atoms with Crippen LogP contribution in [0.4, 0.5) is 0 Å². The van der Waals surface area contributed by atoms with Gasteiger partial charge in [0.1, 0.15) is 18.7 Å². The Bertz CT molecular complexity index is 377. The number of hydrogen-bond donors (Lipinski definition) is 1. The van der Waals surface area contributed by atoms with E-state index in [4.69, 9.17) is 5.73 Å². The summed E-state index contributed by atoms with van der Waals surface area (Å²) in [5.74, 6) is 0.0925. The molecule has 0 aromatic carbocycles. The predicted octanol–water partition coefficient (Wildman–Crippen LogP) is 0.177. The summed E-state index contributed by atoms with van der Waals surface area (Å²) in [4.78, 5) is 18.1. The Labute approximate surface area is 101 Å². The minimum Gasteiger partial charge on any atom is -0.338 e. The van der Waals surface area contributed by atoms with Gasteiger partial charge in [0.2, 0.25) is 5.91 Å². The molecule has 3 atom stereocenters. The van der Waals surface area contributed by atoms with E-state index in [1.807, 2.05) is 18.7 Å². The van der Waals surface area contributed by atoms with Crippen LogP contribution in [0, 0.1) is 0 Å². The van der Waals surface area contributed by atoms with E-state index in [1.54, 1.807) is 11.0 Å². The predicted molar refractivity (Wildman–Crippen MR) is 63.1 cm³/mol. The summed E-state index contributed by atoms with van der Waals surface area (Å²) < 4.78 is 1.59. The van der Waals surface area contributed by atoms with E-state index >= 15 is 0 Å². The average Bonchev–Trinajstić information content (AvgIpc) is 2.80. The molecule has 0 aliphatic carbocycles. The zero-order chi connectivity index (χ0) is 12.4. The van der Waals surface area contributed by atoms with Crippen LogP contribution >= 0.6 is 0 Å². The molecule has 1 amide bonds. The Hall–Kier alpha value is -1.43. The van der Waals surface area contributed by atoms with Crippen molar-refractivity contribution >= 4 is 5.91 Å². The van der Waals surface area contributed by atoms with E-state index in [1.165, 1.54) is 6.33 Å². The second-order valence-electron chi connectivity index (χ2n) is 4.72. The van der Waals surface area contributed by atoms with Crippen molar-refractivity contribution in [3.05, 3.63) is 12.7 Å². The molecule has 2 rings (SSSR count). The van der Waals surface area contributed by atoms with Crippen LogP contribution in [0.1, 0.15) is 32.7 Å². The molecular weight excluding hydrogens is 218 g/mol. The van der Waals surface area contributed by atoms with Gasteiger partial charge < -0.3 is 10.6 Å². The molecule has 1 aliphatic heterocycles. The first kappa shape index (κ1) is 12.0. The fraction of sp³-hybridized carbons (Fsp3) is 0.727. The molecule has 0 radical (unpaired) electrons. The lowest BCUT2D eigenvalue weighted by Crippen LogP contribution is -2.50. The number of nitrogens with two attached hydrogens (primary N) is 1. The van der Waals surface area contributed by atoms with Gasteiger partial charge in [-0.1, -0.05) is 0 Å². The van der Waals surface area contributed by atoms with Crippen molar-refractivity contribution in [2.75, 3.05) is 6.54 Å². The summed E-state index contributed by atoms with van der Waals surface area (Å²) in [7, 11) is 0. The minimum atomic E-state index is -0.297. The van der Waals surface area contributed by atoms with Crippen molar-refractivity contribution in [2.24, 2.45) is 5.73 Å². The third-order valence-electron chi connectivity index (χ3n) is 3.39. The zero-order valence-corrected chi connectivity index (χ0v) is 10.3. The van der Waals surface area contributed by atoms with E-state index < -0.39 is 0 Å². The number of nitrogens with zero attached hydrogens (tertiary/aromatic N) is 4. The highest BCUT2D eigenvalue weighted by Gasteiger charge is 2.30. The molecule has 1 saturated heterocycles. The van der Waals surface area contributed by atoms with Gasteiger partial charge in [-0.15, -0.1) is 0 Å². The molecule has 0 spiro atoms. The quantitative estimate of drug-likeness (QED) is 0.796. The summed E-state index contributed by atoms with van der Waals surface area (Å²) in [5, 5.41) is 4.01. The van der Waals surface area contributed by atoms with Gasteiger partial charge in [0.15, 0.2) is 0 Å². The first-order valence-corrected chi connectivity index (χ1v) is 5.99. The molecule has 1 aromatic heterocycles. The molecule has 17 heavy (non-hydrogen) atoms. The molecule has 94 valence electrons. The SMILES string of the molecule is CC1CC(N)CCN1C(=O)C(C)n1cncn1. The molecule has 0 bridgehead atoms. The first-order chi connectivity index (χ1) is 8.09. The molecule has 1 aromatic rings. The van der Waals surface area contributed by atoms with E-state index in [0.29, 0.717) is 0 Å². The van der Waals surface area contributed by atoms with E-state index in [-0.39, 0.29) is 24.0 Å². The van der Waals surface area contributed by atoms with Crippen LogP contribution < -0.4 is 5.73 Å². The van der Waals surface area contributed by atoms with Gasteiger partial charge in [-0.3, -0.25) is 4.79 Å². The van der Waals surface area contributed by atoms with Crippen LogP contribution in [0.3, 0.4) is 0 Å². The molecule has 1 aliphatic rings. The molecule has 1 fully saturated rings. The lowest BCUT2D eigenvalue weighted by molar-refractivity contribution is -0.138. The summed E-state index contributed by atoms with van der Waals surface area (Å²) in [5.41, 5.74) is 5.89. The minimum absolute atomic E-state index is 0.0925. The molecular formula is C11H19N5O. The lowest BCUT2D eigenvalue weighted by atomic mass is 9.98. The maximum atomic E-state index is 12.3. The lowest BCUT2D eigenvalue weighted by Gasteiger charge is -2.37. The molecule has 3 unspecified atom stereocenters. The van der Waals surface area contributed by atoms with Gasteiger partial charge >= 0.3 is 0 Å². The highest BCUT2D eigenvalue weighted by atomic mass is 16.2. The van der Waals surface area contributed by atoms with Crippen LogP contribution in [0.15, 0.2) is 12.7 Å². The van der Waals surface area contributed by atoms with Crippen molar-refractivity contribution < 1.29 is 4.79 Å². The van der Waals surface area contributed by atoms with Crippen LogP contribution in [-0.2, 0) is 4.79 Å². The molecule has 6 heteroatoms. The number of amides is 1. The van der Waals surface area contributed by atoms with Crippen LogP contribution in [0.5, 0.6) is 0 Å². The Morgan fingerprint density at radius 3 is 2.94 bits per heavy atom. The van der Waals surface area contributed by atoms with E-state index in [9.17, 15) is 4.79 Å². The van der Waals surface area contributed by atoms with Crippen molar-refractivity contribution in [2.45, 2.75) is 44.8 Å². The zero-order valence-electron chi connectivity index (χ0n) is 10.3.